The highest BCUT2D eigenvalue weighted by Gasteiger charge is 1.91. The predicted molar refractivity (Wildman–Crippen MR) is 37.1 cm³/mol. The average molecular weight is 142 g/mol. The van der Waals surface area contributed by atoms with E-state index in [9.17, 15) is 4.79 Å². The molecule has 4 heteroatoms. The zero-order valence-corrected chi connectivity index (χ0v) is 5.44. The van der Waals surface area contributed by atoms with Gasteiger partial charge in [0.2, 0.25) is 0 Å². The standard InChI is InChI=1S/C5H6N2OS/c6-9-4-2-1-3-7-5(4)8/h1-3H,6H2,(H,7,8). The maximum absolute atomic E-state index is 10.7. The molecule has 0 saturated carbocycles. The molecule has 0 spiro atoms. The van der Waals surface area contributed by atoms with Crippen molar-refractivity contribution in [2.24, 2.45) is 5.14 Å². The van der Waals surface area contributed by atoms with Crippen molar-refractivity contribution < 1.29 is 0 Å². The lowest BCUT2D eigenvalue weighted by atomic mass is 10.5. The van der Waals surface area contributed by atoms with Crippen molar-refractivity contribution in [2.45, 2.75) is 4.90 Å². The average Bonchev–Trinajstić information content (AvgIpc) is 1.89. The lowest BCUT2D eigenvalue weighted by Crippen LogP contribution is -2.06. The van der Waals surface area contributed by atoms with Crippen LogP contribution in [-0.4, -0.2) is 4.98 Å². The number of aromatic nitrogens is 1. The minimum absolute atomic E-state index is 0.134. The summed E-state index contributed by atoms with van der Waals surface area (Å²) in [6.45, 7) is 0. The van der Waals surface area contributed by atoms with Crippen LogP contribution in [0.15, 0.2) is 28.0 Å². The van der Waals surface area contributed by atoms with Gasteiger partial charge in [-0.25, -0.2) is 0 Å². The monoisotopic (exact) mass is 142 g/mol. The maximum Gasteiger partial charge on any atom is 0.262 e. The number of hydrogen-bond acceptors (Lipinski definition) is 3. The van der Waals surface area contributed by atoms with Gasteiger partial charge in [0.1, 0.15) is 0 Å². The van der Waals surface area contributed by atoms with Gasteiger partial charge in [-0.2, -0.15) is 0 Å². The fourth-order valence-corrected chi connectivity index (χ4v) is 0.822. The van der Waals surface area contributed by atoms with Crippen LogP contribution in [0.25, 0.3) is 0 Å². The second kappa shape index (κ2) is 2.70. The quantitative estimate of drug-likeness (QED) is 0.556. The lowest BCUT2D eigenvalue weighted by molar-refractivity contribution is 1.14. The van der Waals surface area contributed by atoms with Gasteiger partial charge in [-0.05, 0) is 24.1 Å². The first-order chi connectivity index (χ1) is 4.34. The zero-order valence-electron chi connectivity index (χ0n) is 4.63. The minimum atomic E-state index is -0.134. The van der Waals surface area contributed by atoms with E-state index in [1.165, 1.54) is 0 Å². The summed E-state index contributed by atoms with van der Waals surface area (Å²) < 4.78 is 0. The molecule has 0 saturated heterocycles. The van der Waals surface area contributed by atoms with Gasteiger partial charge < -0.3 is 4.98 Å². The Morgan fingerprint density at radius 3 is 2.89 bits per heavy atom. The van der Waals surface area contributed by atoms with Crippen LogP contribution in [0.3, 0.4) is 0 Å². The molecule has 0 aliphatic rings. The van der Waals surface area contributed by atoms with Crippen LogP contribution in [0, 0.1) is 0 Å². The highest BCUT2D eigenvalue weighted by molar-refractivity contribution is 7.97. The van der Waals surface area contributed by atoms with Crippen molar-refractivity contribution in [3.8, 4) is 0 Å². The molecule has 9 heavy (non-hydrogen) atoms. The Balaban J connectivity index is 3.16. The van der Waals surface area contributed by atoms with Crippen LogP contribution in [0.1, 0.15) is 0 Å². The molecule has 0 bridgehead atoms. The number of H-pyrrole nitrogens is 1. The summed E-state index contributed by atoms with van der Waals surface area (Å²) in [4.78, 5) is 13.7. The van der Waals surface area contributed by atoms with Crippen LogP contribution in [0.5, 0.6) is 0 Å². The second-order valence-corrected chi connectivity index (χ2v) is 2.16. The van der Waals surface area contributed by atoms with Gasteiger partial charge in [0.15, 0.2) is 0 Å². The van der Waals surface area contributed by atoms with Gasteiger partial charge in [-0.15, -0.1) is 0 Å². The van der Waals surface area contributed by atoms with Crippen molar-refractivity contribution in [1.29, 1.82) is 0 Å². The fraction of sp³-hybridized carbons (Fsp3) is 0. The van der Waals surface area contributed by atoms with Crippen LogP contribution in [0.2, 0.25) is 0 Å². The van der Waals surface area contributed by atoms with Crippen molar-refractivity contribution in [3.63, 3.8) is 0 Å². The summed E-state index contributed by atoms with van der Waals surface area (Å²) in [7, 11) is 0. The summed E-state index contributed by atoms with van der Waals surface area (Å²) in [5.74, 6) is 0. The Bertz CT molecular complexity index is 245. The van der Waals surface area contributed by atoms with E-state index in [0.29, 0.717) is 4.90 Å². The van der Waals surface area contributed by atoms with Gasteiger partial charge in [0.25, 0.3) is 5.56 Å². The van der Waals surface area contributed by atoms with Gasteiger partial charge in [0, 0.05) is 6.20 Å². The van der Waals surface area contributed by atoms with E-state index in [4.69, 9.17) is 5.14 Å². The maximum atomic E-state index is 10.7. The Hall–Kier alpha value is -0.740. The molecule has 48 valence electrons. The van der Waals surface area contributed by atoms with E-state index < -0.39 is 0 Å². The first-order valence-corrected chi connectivity index (χ1v) is 3.27. The Kier molecular flexibility index (Phi) is 1.92. The van der Waals surface area contributed by atoms with E-state index in [-0.39, 0.29) is 5.56 Å². The summed E-state index contributed by atoms with van der Waals surface area (Å²) in [5, 5.41) is 5.15. The third kappa shape index (κ3) is 1.34. The van der Waals surface area contributed by atoms with E-state index in [2.05, 4.69) is 4.98 Å². The number of pyridine rings is 1. The van der Waals surface area contributed by atoms with Crippen molar-refractivity contribution in [1.82, 2.24) is 4.98 Å². The second-order valence-electron chi connectivity index (χ2n) is 1.48. The number of aromatic amines is 1. The number of nitrogens with two attached hydrogens (primary N) is 1. The summed E-state index contributed by atoms with van der Waals surface area (Å²) in [6, 6.07) is 3.40. The molecule has 0 amide bonds. The van der Waals surface area contributed by atoms with Crippen LogP contribution < -0.4 is 10.7 Å². The molecule has 0 atom stereocenters. The molecule has 1 aromatic heterocycles. The molecule has 0 aromatic carbocycles. The highest BCUT2D eigenvalue weighted by Crippen LogP contribution is 2.00. The van der Waals surface area contributed by atoms with Gasteiger partial charge in [-0.1, -0.05) is 0 Å². The van der Waals surface area contributed by atoms with Gasteiger partial charge in [-0.3, -0.25) is 9.93 Å². The SMILES string of the molecule is NSc1ccc[nH]c1=O. The molecular weight excluding hydrogens is 136 g/mol. The molecular formula is C5H6N2OS. The summed E-state index contributed by atoms with van der Waals surface area (Å²) in [6.07, 6.45) is 1.57. The molecule has 0 aliphatic carbocycles. The Morgan fingerprint density at radius 1 is 1.67 bits per heavy atom. The van der Waals surface area contributed by atoms with E-state index in [1.807, 2.05) is 0 Å². The Labute approximate surface area is 56.4 Å². The molecule has 0 aliphatic heterocycles. The lowest BCUT2D eigenvalue weighted by Gasteiger charge is -1.88. The first-order valence-electron chi connectivity index (χ1n) is 2.39. The van der Waals surface area contributed by atoms with E-state index in [1.54, 1.807) is 18.3 Å². The summed E-state index contributed by atoms with van der Waals surface area (Å²) >= 11 is 0.952. The van der Waals surface area contributed by atoms with Gasteiger partial charge >= 0.3 is 0 Å². The van der Waals surface area contributed by atoms with Crippen LogP contribution in [-0.2, 0) is 0 Å². The third-order valence-electron chi connectivity index (χ3n) is 0.909. The summed E-state index contributed by atoms with van der Waals surface area (Å²) in [5.41, 5.74) is -0.134. The zero-order chi connectivity index (χ0) is 6.69. The number of rotatable bonds is 1. The molecule has 1 heterocycles. The highest BCUT2D eigenvalue weighted by atomic mass is 32.2. The smallest absolute Gasteiger partial charge is 0.262 e. The fourth-order valence-electron chi connectivity index (χ4n) is 0.499. The predicted octanol–water partition coefficient (Wildman–Crippen LogP) is 0.341. The van der Waals surface area contributed by atoms with E-state index >= 15 is 0 Å². The topological polar surface area (TPSA) is 58.9 Å². The van der Waals surface area contributed by atoms with Crippen LogP contribution >= 0.6 is 11.9 Å². The first kappa shape index (κ1) is 6.38. The third-order valence-corrected chi connectivity index (χ3v) is 1.48. The molecule has 3 N–H and O–H groups in total. The van der Waals surface area contributed by atoms with Gasteiger partial charge in [0.05, 0.1) is 4.90 Å². The van der Waals surface area contributed by atoms with Crippen molar-refractivity contribution >= 4 is 11.9 Å². The van der Waals surface area contributed by atoms with Crippen molar-refractivity contribution in [3.05, 3.63) is 28.7 Å². The van der Waals surface area contributed by atoms with E-state index in [0.717, 1.165) is 11.9 Å². The molecule has 1 aromatic rings. The Morgan fingerprint density at radius 2 is 2.44 bits per heavy atom. The minimum Gasteiger partial charge on any atom is -0.328 e. The van der Waals surface area contributed by atoms with Crippen molar-refractivity contribution in [2.75, 3.05) is 0 Å². The molecule has 0 fully saturated rings. The number of nitrogens with one attached hydrogen (secondary N) is 1. The molecule has 1 rings (SSSR count). The largest absolute Gasteiger partial charge is 0.328 e. The number of hydrogen-bond donors (Lipinski definition) is 2. The van der Waals surface area contributed by atoms with Crippen LogP contribution in [0.4, 0.5) is 0 Å². The normalized spacial score (nSPS) is 9.44. The molecule has 0 unspecified atom stereocenters. The molecule has 3 nitrogen and oxygen atoms in total. The molecule has 0 radical (unpaired) electrons.